The summed E-state index contributed by atoms with van der Waals surface area (Å²) in [5.74, 6) is 0.437. The Morgan fingerprint density at radius 1 is 0.947 bits per heavy atom. The molecule has 0 radical (unpaired) electrons. The van der Waals surface area contributed by atoms with Crippen LogP contribution >= 0.6 is 11.3 Å². The molecule has 0 aliphatic heterocycles. The highest BCUT2D eigenvalue weighted by Crippen LogP contribution is 2.39. The molecule has 0 aliphatic rings. The van der Waals surface area contributed by atoms with Crippen LogP contribution in [0.5, 0.6) is 17.2 Å². The number of aliphatic carboxylic acids is 1. The number of carboxylic acids is 1. The topological polar surface area (TPSA) is 77.9 Å². The second kappa shape index (κ2) is 11.4. The number of halogens is 3. The molecule has 0 amide bonds. The Hall–Kier alpha value is -4.31. The molecule has 0 spiro atoms. The van der Waals surface area contributed by atoms with Crippen LogP contribution in [-0.2, 0) is 17.6 Å². The van der Waals surface area contributed by atoms with Crippen molar-refractivity contribution in [3.63, 3.8) is 0 Å². The highest BCUT2D eigenvalue weighted by atomic mass is 32.1. The molecular weight excluding hydrogens is 519 g/mol. The predicted octanol–water partition coefficient (Wildman–Crippen LogP) is 7.19. The lowest BCUT2D eigenvalue weighted by molar-refractivity contribution is -0.137. The lowest BCUT2D eigenvalue weighted by atomic mass is 10.1. The van der Waals surface area contributed by atoms with E-state index >= 15 is 0 Å². The zero-order valence-corrected chi connectivity index (χ0v) is 21.1. The molecule has 0 bridgehead atoms. The van der Waals surface area contributed by atoms with Gasteiger partial charge in [0, 0.05) is 11.6 Å². The number of rotatable bonds is 9. The van der Waals surface area contributed by atoms with Gasteiger partial charge < -0.3 is 19.3 Å². The molecule has 4 aromatic rings. The van der Waals surface area contributed by atoms with Gasteiger partial charge in [-0.3, -0.25) is 0 Å². The third-order valence-electron chi connectivity index (χ3n) is 5.47. The average Bonchev–Trinajstić information content (AvgIpc) is 3.34. The summed E-state index contributed by atoms with van der Waals surface area (Å²) >= 11 is 1.31. The summed E-state index contributed by atoms with van der Waals surface area (Å²) in [5.41, 5.74) is 1.87. The summed E-state index contributed by atoms with van der Waals surface area (Å²) in [6.45, 7) is 0.0785. The third kappa shape index (κ3) is 6.33. The first kappa shape index (κ1) is 26.7. The van der Waals surface area contributed by atoms with Gasteiger partial charge in [0.25, 0.3) is 0 Å². The summed E-state index contributed by atoms with van der Waals surface area (Å²) in [7, 11) is 3.03. The van der Waals surface area contributed by atoms with Gasteiger partial charge in [-0.2, -0.15) is 13.2 Å². The number of alkyl halides is 3. The van der Waals surface area contributed by atoms with Crippen molar-refractivity contribution in [2.75, 3.05) is 14.2 Å². The van der Waals surface area contributed by atoms with Crippen molar-refractivity contribution in [2.24, 2.45) is 0 Å². The van der Waals surface area contributed by atoms with E-state index in [1.807, 2.05) is 12.1 Å². The first-order valence-electron chi connectivity index (χ1n) is 11.2. The predicted molar refractivity (Wildman–Crippen MR) is 139 cm³/mol. The maximum absolute atomic E-state index is 13.1. The molecule has 1 aromatic heterocycles. The minimum atomic E-state index is -4.43. The van der Waals surface area contributed by atoms with Gasteiger partial charge in [-0.15, -0.1) is 11.3 Å². The van der Waals surface area contributed by atoms with Crippen LogP contribution in [0.2, 0.25) is 0 Å². The number of carboxylic acid groups (broad SMARTS) is 1. The first-order valence-corrected chi connectivity index (χ1v) is 12.0. The van der Waals surface area contributed by atoms with Crippen molar-refractivity contribution in [2.45, 2.75) is 12.8 Å². The fraction of sp³-hybridized carbons (Fsp3) is 0.143. The molecule has 10 heteroatoms. The van der Waals surface area contributed by atoms with Gasteiger partial charge in [-0.25, -0.2) is 9.78 Å². The number of aromatic nitrogens is 1. The van der Waals surface area contributed by atoms with E-state index in [4.69, 9.17) is 24.3 Å². The van der Waals surface area contributed by atoms with Gasteiger partial charge >= 0.3 is 12.1 Å². The van der Waals surface area contributed by atoms with Crippen LogP contribution in [0.3, 0.4) is 0 Å². The minimum absolute atomic E-state index is 0.0785. The molecule has 196 valence electrons. The van der Waals surface area contributed by atoms with E-state index in [1.165, 1.54) is 36.7 Å². The minimum Gasteiger partial charge on any atom is -0.497 e. The van der Waals surface area contributed by atoms with Gasteiger partial charge in [0.1, 0.15) is 17.4 Å². The summed E-state index contributed by atoms with van der Waals surface area (Å²) in [4.78, 5) is 16.2. The number of hydrogen-bond acceptors (Lipinski definition) is 6. The average molecular weight is 542 g/mol. The molecule has 38 heavy (non-hydrogen) atoms. The summed E-state index contributed by atoms with van der Waals surface area (Å²) in [5, 5.41) is 9.43. The maximum Gasteiger partial charge on any atom is 0.416 e. The van der Waals surface area contributed by atoms with E-state index in [9.17, 15) is 18.0 Å². The van der Waals surface area contributed by atoms with Crippen LogP contribution < -0.4 is 14.2 Å². The Labute approximate surface area is 220 Å². The second-order valence-corrected chi connectivity index (χ2v) is 9.04. The fourth-order valence-corrected chi connectivity index (χ4v) is 4.60. The third-order valence-corrected chi connectivity index (χ3v) is 6.54. The Kier molecular flexibility index (Phi) is 8.02. The zero-order valence-electron chi connectivity index (χ0n) is 20.3. The molecule has 0 unspecified atom stereocenters. The zero-order chi connectivity index (χ0) is 27.3. The molecular formula is C28H22F3NO5S. The number of thiazole rings is 1. The molecule has 1 N–H and O–H groups in total. The Balaban J connectivity index is 1.65. The Morgan fingerprint density at radius 2 is 1.63 bits per heavy atom. The van der Waals surface area contributed by atoms with E-state index in [1.54, 1.807) is 37.4 Å². The number of methoxy groups -OCH3 is 2. The van der Waals surface area contributed by atoms with Crippen molar-refractivity contribution in [1.29, 1.82) is 0 Å². The molecule has 0 fully saturated rings. The lowest BCUT2D eigenvalue weighted by Crippen LogP contribution is -2.03. The van der Waals surface area contributed by atoms with E-state index < -0.39 is 17.7 Å². The van der Waals surface area contributed by atoms with Gasteiger partial charge in [-0.05, 0) is 65.7 Å². The number of hydrogen-bond donors (Lipinski definition) is 1. The molecule has 0 atom stereocenters. The smallest absolute Gasteiger partial charge is 0.416 e. The summed E-state index contributed by atoms with van der Waals surface area (Å²) in [6, 6.07) is 17.2. The molecule has 4 rings (SSSR count). The van der Waals surface area contributed by atoms with Crippen LogP contribution in [0.4, 0.5) is 13.2 Å². The Bertz CT molecular complexity index is 1450. The van der Waals surface area contributed by atoms with Crippen molar-refractivity contribution >= 4 is 23.4 Å². The molecule has 6 nitrogen and oxygen atoms in total. The number of carbonyl (C=O) groups is 1. The van der Waals surface area contributed by atoms with Crippen LogP contribution in [0.25, 0.3) is 27.8 Å². The van der Waals surface area contributed by atoms with E-state index in [0.717, 1.165) is 23.8 Å². The molecule has 0 saturated carbocycles. The summed E-state index contributed by atoms with van der Waals surface area (Å²) < 4.78 is 55.8. The van der Waals surface area contributed by atoms with Gasteiger partial charge in [-0.1, -0.05) is 18.2 Å². The molecule has 1 heterocycles. The van der Waals surface area contributed by atoms with Gasteiger partial charge in [0.2, 0.25) is 0 Å². The standard InChI is InChI=1S/C28H22F3NO5S/c1-35-21-11-7-18(8-12-21)26-27(19-5-9-20(10-6-19)28(29,30)31)38-24(32-26)16-37-22-13-3-17(4-14-25(33)34)15-23(22)36-2/h3-15H,16H2,1-2H3,(H,33,34). The highest BCUT2D eigenvalue weighted by Gasteiger charge is 2.30. The van der Waals surface area contributed by atoms with Crippen LogP contribution in [-0.4, -0.2) is 30.3 Å². The highest BCUT2D eigenvalue weighted by molar-refractivity contribution is 7.15. The molecule has 3 aromatic carbocycles. The Morgan fingerprint density at radius 3 is 2.24 bits per heavy atom. The fourth-order valence-electron chi connectivity index (χ4n) is 3.59. The van der Waals surface area contributed by atoms with Crippen LogP contribution in [0.15, 0.2) is 72.8 Å². The van der Waals surface area contributed by atoms with E-state index in [0.29, 0.717) is 44.0 Å². The molecule has 0 saturated heterocycles. The molecule has 0 aliphatic carbocycles. The van der Waals surface area contributed by atoms with Gasteiger partial charge in [0.15, 0.2) is 11.5 Å². The monoisotopic (exact) mass is 541 g/mol. The lowest BCUT2D eigenvalue weighted by Gasteiger charge is -2.10. The number of benzene rings is 3. The van der Waals surface area contributed by atoms with E-state index in [-0.39, 0.29) is 6.61 Å². The van der Waals surface area contributed by atoms with Crippen molar-refractivity contribution in [3.05, 3.63) is 88.9 Å². The number of nitrogens with zero attached hydrogens (tertiary/aromatic N) is 1. The quantitative estimate of drug-likeness (QED) is 0.226. The normalized spacial score (nSPS) is 11.5. The van der Waals surface area contributed by atoms with Crippen molar-refractivity contribution in [1.82, 2.24) is 4.98 Å². The van der Waals surface area contributed by atoms with Crippen molar-refractivity contribution in [3.8, 4) is 38.9 Å². The van der Waals surface area contributed by atoms with Crippen LogP contribution in [0.1, 0.15) is 16.1 Å². The largest absolute Gasteiger partial charge is 0.497 e. The van der Waals surface area contributed by atoms with E-state index in [2.05, 4.69) is 0 Å². The van der Waals surface area contributed by atoms with Gasteiger partial charge in [0.05, 0.1) is 30.4 Å². The summed E-state index contributed by atoms with van der Waals surface area (Å²) in [6.07, 6.45) is -1.97. The van der Waals surface area contributed by atoms with Crippen LogP contribution in [0, 0.1) is 0 Å². The SMILES string of the molecule is COc1ccc(-c2nc(COc3ccc(C=CC(=O)O)cc3OC)sc2-c2ccc(C(F)(F)F)cc2)cc1. The van der Waals surface area contributed by atoms with Crippen molar-refractivity contribution < 1.29 is 37.3 Å². The maximum atomic E-state index is 13.1. The second-order valence-electron chi connectivity index (χ2n) is 7.96. The number of ether oxygens (including phenoxy) is 3. The first-order chi connectivity index (χ1) is 18.2.